The van der Waals surface area contributed by atoms with E-state index in [4.69, 9.17) is 13.9 Å². The number of amides is 1. The highest BCUT2D eigenvalue weighted by Crippen LogP contribution is 2.41. The van der Waals surface area contributed by atoms with Crippen LogP contribution in [0.25, 0.3) is 11.0 Å². The third kappa shape index (κ3) is 5.70. The zero-order valence-electron chi connectivity index (χ0n) is 22.7. The Hall–Kier alpha value is -3.78. The normalized spacial score (nSPS) is 15.8. The molecule has 0 spiro atoms. The summed E-state index contributed by atoms with van der Waals surface area (Å²) in [5.41, 5.74) is 1.12. The van der Waals surface area contributed by atoms with Gasteiger partial charge in [0, 0.05) is 11.9 Å². The Morgan fingerprint density at radius 1 is 1.16 bits per heavy atom. The Labute approximate surface area is 223 Å². The highest BCUT2D eigenvalue weighted by atomic mass is 16.5. The van der Waals surface area contributed by atoms with Crippen LogP contribution in [0, 0.1) is 5.92 Å². The van der Waals surface area contributed by atoms with E-state index in [0.29, 0.717) is 53.5 Å². The summed E-state index contributed by atoms with van der Waals surface area (Å²) in [4.78, 5) is 30.7. The molecular formula is C30H36N2O6. The number of Topliss-reactive ketones (excluding diaryl/α,β-unsaturated/α-hetero) is 1. The predicted molar refractivity (Wildman–Crippen MR) is 146 cm³/mol. The lowest BCUT2D eigenvalue weighted by Crippen LogP contribution is -2.33. The maximum atomic E-state index is 13.8. The summed E-state index contributed by atoms with van der Waals surface area (Å²) in [6.45, 7) is 5.95. The van der Waals surface area contributed by atoms with E-state index in [9.17, 15) is 14.7 Å². The van der Waals surface area contributed by atoms with Gasteiger partial charge in [0.2, 0.25) is 5.78 Å². The second-order valence-electron chi connectivity index (χ2n) is 10.2. The lowest BCUT2D eigenvalue weighted by molar-refractivity contribution is -0.129. The van der Waals surface area contributed by atoms with Crippen LogP contribution in [0.2, 0.25) is 0 Å². The van der Waals surface area contributed by atoms with Crippen LogP contribution in [0.5, 0.6) is 11.5 Å². The summed E-state index contributed by atoms with van der Waals surface area (Å²) in [6.07, 6.45) is 1.58. The van der Waals surface area contributed by atoms with Crippen molar-refractivity contribution in [2.45, 2.75) is 32.7 Å². The molecule has 1 aromatic heterocycles. The van der Waals surface area contributed by atoms with Crippen LogP contribution in [0.4, 0.5) is 0 Å². The summed E-state index contributed by atoms with van der Waals surface area (Å²) >= 11 is 0. The van der Waals surface area contributed by atoms with Gasteiger partial charge >= 0.3 is 0 Å². The first-order chi connectivity index (χ1) is 18.2. The number of nitrogens with zero attached hydrogens (tertiary/aromatic N) is 2. The van der Waals surface area contributed by atoms with Crippen molar-refractivity contribution >= 4 is 22.7 Å². The molecule has 0 aliphatic carbocycles. The van der Waals surface area contributed by atoms with E-state index in [0.717, 1.165) is 13.0 Å². The molecule has 8 heteroatoms. The average Bonchev–Trinajstić information content (AvgIpc) is 3.43. The maximum Gasteiger partial charge on any atom is 0.290 e. The molecule has 0 saturated heterocycles. The molecule has 1 aliphatic heterocycles. The standard InChI is InChI=1S/C30H36N2O6/c1-19(2)13-16-37-22-11-6-9-20(17-22)26-25(28(34)30(35)32(26)15-8-14-31(3)4)27(33)24-18-21-10-7-12-23(36-5)29(21)38-24/h6-7,9-12,17-19,26,34H,8,13-16H2,1-5H3. The number of methoxy groups -OCH3 is 1. The highest BCUT2D eigenvalue weighted by molar-refractivity contribution is 6.16. The van der Waals surface area contributed by atoms with Crippen LogP contribution in [0.3, 0.4) is 0 Å². The lowest BCUT2D eigenvalue weighted by atomic mass is 9.94. The van der Waals surface area contributed by atoms with Crippen LogP contribution >= 0.6 is 0 Å². The van der Waals surface area contributed by atoms with Gasteiger partial charge in [-0.3, -0.25) is 9.59 Å². The van der Waals surface area contributed by atoms with E-state index in [2.05, 4.69) is 13.8 Å². The minimum atomic E-state index is -0.777. The monoisotopic (exact) mass is 520 g/mol. The van der Waals surface area contributed by atoms with E-state index in [1.54, 1.807) is 23.1 Å². The molecule has 38 heavy (non-hydrogen) atoms. The van der Waals surface area contributed by atoms with Crippen molar-refractivity contribution in [1.29, 1.82) is 0 Å². The number of rotatable bonds is 12. The largest absolute Gasteiger partial charge is 0.503 e. The number of carbonyl (C=O) groups excluding carboxylic acids is 2. The van der Waals surface area contributed by atoms with Gasteiger partial charge in [-0.2, -0.15) is 0 Å². The van der Waals surface area contributed by atoms with Crippen LogP contribution in [0.15, 0.2) is 64.3 Å². The van der Waals surface area contributed by atoms with E-state index in [1.165, 1.54) is 7.11 Å². The van der Waals surface area contributed by atoms with Crippen molar-refractivity contribution in [1.82, 2.24) is 9.80 Å². The molecule has 0 bridgehead atoms. The molecule has 2 heterocycles. The Bertz CT molecular complexity index is 1340. The summed E-state index contributed by atoms with van der Waals surface area (Å²) in [5.74, 6) is 0.0132. The minimum absolute atomic E-state index is 0.00259. The van der Waals surface area contributed by atoms with E-state index >= 15 is 0 Å². The fourth-order valence-electron chi connectivity index (χ4n) is 4.65. The summed E-state index contributed by atoms with van der Waals surface area (Å²) < 4.78 is 17.2. The minimum Gasteiger partial charge on any atom is -0.503 e. The zero-order chi connectivity index (χ0) is 27.4. The van der Waals surface area contributed by atoms with Crippen molar-refractivity contribution in [2.24, 2.45) is 5.92 Å². The number of hydrogen-bond donors (Lipinski definition) is 1. The molecule has 2 aromatic carbocycles. The summed E-state index contributed by atoms with van der Waals surface area (Å²) in [6, 6.07) is 13.6. The highest BCUT2D eigenvalue weighted by Gasteiger charge is 2.44. The van der Waals surface area contributed by atoms with Gasteiger partial charge in [0.05, 0.1) is 25.3 Å². The smallest absolute Gasteiger partial charge is 0.290 e. The van der Waals surface area contributed by atoms with Gasteiger partial charge in [0.25, 0.3) is 5.91 Å². The predicted octanol–water partition coefficient (Wildman–Crippen LogP) is 5.40. The van der Waals surface area contributed by atoms with Crippen LogP contribution in [-0.4, -0.2) is 67.5 Å². The molecular weight excluding hydrogens is 484 g/mol. The first-order valence-electron chi connectivity index (χ1n) is 12.9. The number of benzene rings is 2. The van der Waals surface area contributed by atoms with Gasteiger partial charge in [-0.05, 0) is 69.2 Å². The molecule has 0 fully saturated rings. The molecule has 8 nitrogen and oxygen atoms in total. The number of aliphatic hydroxyl groups is 1. The van der Waals surface area contributed by atoms with Crippen molar-refractivity contribution in [3.63, 3.8) is 0 Å². The average molecular weight is 521 g/mol. The molecule has 0 saturated carbocycles. The molecule has 1 amide bonds. The van der Waals surface area contributed by atoms with Gasteiger partial charge in [0.15, 0.2) is 22.9 Å². The topological polar surface area (TPSA) is 92.5 Å². The van der Waals surface area contributed by atoms with Crippen LogP contribution in [-0.2, 0) is 4.79 Å². The number of hydrogen-bond acceptors (Lipinski definition) is 7. The van der Waals surface area contributed by atoms with Crippen molar-refractivity contribution < 1.29 is 28.6 Å². The first-order valence-corrected chi connectivity index (χ1v) is 12.9. The molecule has 1 N–H and O–H groups in total. The number of aliphatic hydroxyl groups excluding tert-OH is 1. The van der Waals surface area contributed by atoms with Crippen molar-refractivity contribution in [3.8, 4) is 11.5 Å². The number of para-hydroxylation sites is 1. The van der Waals surface area contributed by atoms with Gasteiger partial charge < -0.3 is 28.8 Å². The summed E-state index contributed by atoms with van der Waals surface area (Å²) in [5, 5.41) is 11.7. The van der Waals surface area contributed by atoms with E-state index < -0.39 is 23.5 Å². The second-order valence-corrected chi connectivity index (χ2v) is 10.2. The Balaban J connectivity index is 1.72. The summed E-state index contributed by atoms with van der Waals surface area (Å²) in [7, 11) is 5.45. The van der Waals surface area contributed by atoms with Crippen LogP contribution < -0.4 is 9.47 Å². The lowest BCUT2D eigenvalue weighted by Gasteiger charge is -2.27. The molecule has 4 rings (SSSR count). The van der Waals surface area contributed by atoms with Gasteiger partial charge in [0.1, 0.15) is 5.75 Å². The fourth-order valence-corrected chi connectivity index (χ4v) is 4.65. The Morgan fingerprint density at radius 2 is 1.92 bits per heavy atom. The molecule has 0 radical (unpaired) electrons. The van der Waals surface area contributed by atoms with Crippen LogP contribution in [0.1, 0.15) is 48.8 Å². The Morgan fingerprint density at radius 3 is 2.63 bits per heavy atom. The quantitative estimate of drug-likeness (QED) is 0.320. The first kappa shape index (κ1) is 27.3. The number of fused-ring (bicyclic) bond motifs is 1. The Kier molecular flexibility index (Phi) is 8.42. The maximum absolute atomic E-state index is 13.8. The van der Waals surface area contributed by atoms with Crippen molar-refractivity contribution in [2.75, 3.05) is 40.9 Å². The number of ether oxygens (including phenoxy) is 2. The van der Waals surface area contributed by atoms with Crippen molar-refractivity contribution in [3.05, 3.63) is 71.2 Å². The van der Waals surface area contributed by atoms with Gasteiger partial charge in [-0.15, -0.1) is 0 Å². The second kappa shape index (κ2) is 11.7. The third-order valence-electron chi connectivity index (χ3n) is 6.64. The number of furan rings is 1. The number of carbonyl (C=O) groups is 2. The number of ketones is 1. The molecule has 1 atom stereocenters. The molecule has 3 aromatic rings. The zero-order valence-corrected chi connectivity index (χ0v) is 22.7. The molecule has 1 unspecified atom stereocenters. The molecule has 1 aliphatic rings. The SMILES string of the molecule is COc1cccc2cc(C(=O)C3=C(O)C(=O)N(CCCN(C)C)C3c3cccc(OCCC(C)C)c3)oc12. The third-order valence-corrected chi connectivity index (χ3v) is 6.64. The fraction of sp³-hybridized carbons (Fsp3) is 0.400. The van der Waals surface area contributed by atoms with Gasteiger partial charge in [-0.1, -0.05) is 38.1 Å². The van der Waals surface area contributed by atoms with E-state index in [-0.39, 0.29) is 11.3 Å². The van der Waals surface area contributed by atoms with E-state index in [1.807, 2.05) is 49.3 Å². The van der Waals surface area contributed by atoms with Gasteiger partial charge in [-0.25, -0.2) is 0 Å². The molecule has 202 valence electrons.